The van der Waals surface area contributed by atoms with Gasteiger partial charge in [0.25, 0.3) is 0 Å². The number of benzene rings is 5. The molecule has 0 atom stereocenters. The predicted octanol–water partition coefficient (Wildman–Crippen LogP) is 8.58. The van der Waals surface area contributed by atoms with E-state index < -0.39 is 0 Å². The highest BCUT2D eigenvalue weighted by Gasteiger charge is 2.16. The van der Waals surface area contributed by atoms with E-state index in [9.17, 15) is 0 Å². The smallest absolute Gasteiger partial charge is 0.160 e. The Bertz CT molecular complexity index is 2110. The molecule has 0 spiro atoms. The highest BCUT2D eigenvalue weighted by atomic mass is 15.0. The van der Waals surface area contributed by atoms with Gasteiger partial charge in [0.2, 0.25) is 0 Å². The highest BCUT2D eigenvalue weighted by Crippen LogP contribution is 2.37. The van der Waals surface area contributed by atoms with Gasteiger partial charge in [-0.15, -0.1) is 0 Å². The minimum Gasteiger partial charge on any atom is -0.299 e. The molecule has 4 nitrogen and oxygen atoms in total. The van der Waals surface area contributed by atoms with Gasteiger partial charge in [0.15, 0.2) is 5.82 Å². The predicted molar refractivity (Wildman–Crippen MR) is 160 cm³/mol. The molecule has 8 aromatic rings. The van der Waals surface area contributed by atoms with Crippen molar-refractivity contribution in [1.82, 2.24) is 19.4 Å². The molecule has 0 saturated carbocycles. The number of imidazole rings is 1. The van der Waals surface area contributed by atoms with Crippen LogP contribution >= 0.6 is 0 Å². The Morgan fingerprint density at radius 2 is 1.08 bits per heavy atom. The Kier molecular flexibility index (Phi) is 4.79. The van der Waals surface area contributed by atoms with Crippen molar-refractivity contribution >= 4 is 38.2 Å². The number of pyridine rings is 1. The number of hydrogen-bond donors (Lipinski definition) is 0. The monoisotopic (exact) mass is 498 g/mol. The van der Waals surface area contributed by atoms with E-state index in [0.717, 1.165) is 60.9 Å². The van der Waals surface area contributed by atoms with E-state index >= 15 is 0 Å². The molecule has 39 heavy (non-hydrogen) atoms. The lowest BCUT2D eigenvalue weighted by Crippen LogP contribution is -1.96. The summed E-state index contributed by atoms with van der Waals surface area (Å²) in [6.07, 6.45) is 2.09. The summed E-state index contributed by atoms with van der Waals surface area (Å²) in [6, 6.07) is 43.9. The molecule has 0 aliphatic carbocycles. The fourth-order valence-corrected chi connectivity index (χ4v) is 5.57. The first-order valence-corrected chi connectivity index (χ1v) is 13.0. The molecule has 0 fully saturated rings. The van der Waals surface area contributed by atoms with Crippen molar-refractivity contribution < 1.29 is 0 Å². The van der Waals surface area contributed by atoms with Crippen LogP contribution in [0, 0.1) is 0 Å². The summed E-state index contributed by atoms with van der Waals surface area (Å²) in [5.74, 6) is 0.708. The molecule has 3 heterocycles. The van der Waals surface area contributed by atoms with Crippen LogP contribution in [0.5, 0.6) is 0 Å². The second kappa shape index (κ2) is 8.61. The zero-order chi connectivity index (χ0) is 25.8. The van der Waals surface area contributed by atoms with Crippen LogP contribution in [0.4, 0.5) is 0 Å². The molecule has 0 amide bonds. The van der Waals surface area contributed by atoms with Crippen molar-refractivity contribution in [2.24, 2.45) is 0 Å². The van der Waals surface area contributed by atoms with Crippen LogP contribution in [-0.2, 0) is 0 Å². The molecule has 182 valence electrons. The topological polar surface area (TPSA) is 43.1 Å². The van der Waals surface area contributed by atoms with Gasteiger partial charge < -0.3 is 0 Å². The Hall–Kier alpha value is -5.35. The molecule has 0 unspecified atom stereocenters. The average Bonchev–Trinajstić information content (AvgIpc) is 3.42. The van der Waals surface area contributed by atoms with E-state index in [2.05, 4.69) is 95.5 Å². The summed E-state index contributed by atoms with van der Waals surface area (Å²) < 4.78 is 2.18. The summed E-state index contributed by atoms with van der Waals surface area (Å²) in [6.45, 7) is 0. The summed E-state index contributed by atoms with van der Waals surface area (Å²) in [5.41, 5.74) is 8.01. The lowest BCUT2D eigenvalue weighted by Gasteiger charge is -2.12. The van der Waals surface area contributed by atoms with Crippen molar-refractivity contribution in [2.45, 2.75) is 0 Å². The van der Waals surface area contributed by atoms with Crippen molar-refractivity contribution in [3.8, 4) is 33.9 Å². The quantitative estimate of drug-likeness (QED) is 0.229. The fourth-order valence-electron chi connectivity index (χ4n) is 5.57. The average molecular weight is 499 g/mol. The molecular formula is C35H22N4. The minimum atomic E-state index is 0.708. The third kappa shape index (κ3) is 3.50. The zero-order valence-electron chi connectivity index (χ0n) is 21.0. The zero-order valence-corrected chi connectivity index (χ0v) is 21.0. The molecular weight excluding hydrogens is 476 g/mol. The van der Waals surface area contributed by atoms with Gasteiger partial charge in [-0.05, 0) is 35.0 Å². The SMILES string of the molecule is c1ccc(-c2cc(-c3ccccc3)nc(-c3ccc4c(c3)c3ccccc3c3nc5ccccn5c43)n2)cc1. The van der Waals surface area contributed by atoms with Crippen LogP contribution in [0.15, 0.2) is 134 Å². The summed E-state index contributed by atoms with van der Waals surface area (Å²) in [5, 5.41) is 4.64. The molecule has 0 bridgehead atoms. The number of hydrogen-bond acceptors (Lipinski definition) is 3. The third-order valence-electron chi connectivity index (χ3n) is 7.40. The molecule has 0 saturated heterocycles. The Balaban J connectivity index is 1.42. The van der Waals surface area contributed by atoms with Crippen molar-refractivity contribution in [1.29, 1.82) is 0 Å². The number of nitrogens with zero attached hydrogens (tertiary/aromatic N) is 4. The Morgan fingerprint density at radius 3 is 1.79 bits per heavy atom. The largest absolute Gasteiger partial charge is 0.299 e. The van der Waals surface area contributed by atoms with Crippen LogP contribution in [0.3, 0.4) is 0 Å². The first-order valence-electron chi connectivity index (χ1n) is 13.0. The molecule has 0 aliphatic heterocycles. The first kappa shape index (κ1) is 21.7. The van der Waals surface area contributed by atoms with E-state index in [0.29, 0.717) is 5.82 Å². The van der Waals surface area contributed by atoms with Crippen LogP contribution in [0.1, 0.15) is 0 Å². The molecule has 0 N–H and O–H groups in total. The number of aromatic nitrogens is 4. The molecule has 0 radical (unpaired) electrons. The fraction of sp³-hybridized carbons (Fsp3) is 0. The van der Waals surface area contributed by atoms with Gasteiger partial charge >= 0.3 is 0 Å². The van der Waals surface area contributed by atoms with E-state index in [4.69, 9.17) is 15.0 Å². The third-order valence-corrected chi connectivity index (χ3v) is 7.40. The molecule has 3 aromatic heterocycles. The van der Waals surface area contributed by atoms with Crippen LogP contribution in [0.25, 0.3) is 72.1 Å². The van der Waals surface area contributed by atoms with Gasteiger partial charge in [-0.1, -0.05) is 103 Å². The van der Waals surface area contributed by atoms with E-state index in [-0.39, 0.29) is 0 Å². The molecule has 8 rings (SSSR count). The molecule has 5 aromatic carbocycles. The minimum absolute atomic E-state index is 0.708. The first-order chi connectivity index (χ1) is 19.3. The lowest BCUT2D eigenvalue weighted by molar-refractivity contribution is 1.18. The lowest BCUT2D eigenvalue weighted by atomic mass is 9.97. The van der Waals surface area contributed by atoms with Crippen molar-refractivity contribution in [2.75, 3.05) is 0 Å². The molecule has 4 heteroatoms. The summed E-state index contributed by atoms with van der Waals surface area (Å²) >= 11 is 0. The van der Waals surface area contributed by atoms with Gasteiger partial charge in [0, 0.05) is 33.7 Å². The van der Waals surface area contributed by atoms with E-state index in [1.807, 2.05) is 42.5 Å². The standard InChI is InChI=1S/C35H22N4/c1-3-11-23(12-4-1)30-22-31(24-13-5-2-6-14-24)37-35(36-30)25-18-19-28-29(21-25)26-15-7-8-16-27(26)33-34(28)39-20-10-9-17-32(39)38-33/h1-22H. The van der Waals surface area contributed by atoms with Crippen LogP contribution in [0.2, 0.25) is 0 Å². The van der Waals surface area contributed by atoms with Crippen molar-refractivity contribution in [3.05, 3.63) is 134 Å². The van der Waals surface area contributed by atoms with Gasteiger partial charge in [-0.3, -0.25) is 4.40 Å². The van der Waals surface area contributed by atoms with Crippen LogP contribution < -0.4 is 0 Å². The summed E-state index contributed by atoms with van der Waals surface area (Å²) in [7, 11) is 0. The normalized spacial score (nSPS) is 11.6. The Labute approximate surface area is 224 Å². The molecule has 0 aliphatic rings. The maximum Gasteiger partial charge on any atom is 0.160 e. The number of rotatable bonds is 3. The maximum absolute atomic E-state index is 5.06. The van der Waals surface area contributed by atoms with Gasteiger partial charge in [0.05, 0.1) is 22.4 Å². The second-order valence-corrected chi connectivity index (χ2v) is 9.74. The Morgan fingerprint density at radius 1 is 0.436 bits per heavy atom. The highest BCUT2D eigenvalue weighted by molar-refractivity contribution is 6.24. The van der Waals surface area contributed by atoms with E-state index in [1.165, 1.54) is 5.39 Å². The van der Waals surface area contributed by atoms with Crippen LogP contribution in [-0.4, -0.2) is 19.4 Å². The van der Waals surface area contributed by atoms with Crippen molar-refractivity contribution in [3.63, 3.8) is 0 Å². The number of fused-ring (bicyclic) bond motifs is 8. The summed E-state index contributed by atoms with van der Waals surface area (Å²) in [4.78, 5) is 15.1. The van der Waals surface area contributed by atoms with Gasteiger partial charge in [0.1, 0.15) is 5.65 Å². The second-order valence-electron chi connectivity index (χ2n) is 9.74. The van der Waals surface area contributed by atoms with Gasteiger partial charge in [-0.25, -0.2) is 15.0 Å². The maximum atomic E-state index is 5.06. The van der Waals surface area contributed by atoms with Gasteiger partial charge in [-0.2, -0.15) is 0 Å². The van der Waals surface area contributed by atoms with E-state index in [1.54, 1.807) is 0 Å².